The number of carbonyl (C=O) groups is 1. The minimum absolute atomic E-state index is 0.0208. The van der Waals surface area contributed by atoms with E-state index in [1.165, 1.54) is 12.1 Å². The summed E-state index contributed by atoms with van der Waals surface area (Å²) in [5, 5.41) is 15.1. The number of urea groups is 1. The summed E-state index contributed by atoms with van der Waals surface area (Å²) in [5.41, 5.74) is 1.01. The predicted molar refractivity (Wildman–Crippen MR) is 91.2 cm³/mol. The number of rotatable bonds is 5. The number of halogens is 1. The van der Waals surface area contributed by atoms with Crippen LogP contribution in [0.1, 0.15) is 37.7 Å². The molecule has 1 fully saturated rings. The van der Waals surface area contributed by atoms with Crippen molar-refractivity contribution in [2.24, 2.45) is 5.92 Å². The normalized spacial score (nSPS) is 24.9. The molecule has 0 unspecified atom stereocenters. The van der Waals surface area contributed by atoms with Gasteiger partial charge in [-0.3, -0.25) is 0 Å². The van der Waals surface area contributed by atoms with Gasteiger partial charge in [-0.1, -0.05) is 37.1 Å². The third kappa shape index (κ3) is 3.78. The highest BCUT2D eigenvalue weighted by atomic mass is 19.1. The van der Waals surface area contributed by atoms with Crippen LogP contribution < -0.4 is 10.6 Å². The number of hydrogen-bond donors (Lipinski definition) is 3. The van der Waals surface area contributed by atoms with Gasteiger partial charge in [0.1, 0.15) is 5.82 Å². The second-order valence-corrected chi connectivity index (χ2v) is 6.99. The van der Waals surface area contributed by atoms with E-state index in [4.69, 9.17) is 5.11 Å². The van der Waals surface area contributed by atoms with Crippen molar-refractivity contribution in [1.82, 2.24) is 10.6 Å². The molecule has 24 heavy (non-hydrogen) atoms. The first-order chi connectivity index (χ1) is 11.6. The summed E-state index contributed by atoms with van der Waals surface area (Å²) in [6.07, 6.45) is 8.90. The van der Waals surface area contributed by atoms with Crippen LogP contribution in [0.2, 0.25) is 0 Å². The molecule has 2 aliphatic carbocycles. The molecule has 3 N–H and O–H groups in total. The first-order valence-corrected chi connectivity index (χ1v) is 8.71. The van der Waals surface area contributed by atoms with E-state index in [0.29, 0.717) is 6.54 Å². The van der Waals surface area contributed by atoms with Gasteiger partial charge in [-0.05, 0) is 37.0 Å². The molecule has 3 rings (SSSR count). The van der Waals surface area contributed by atoms with E-state index >= 15 is 0 Å². The van der Waals surface area contributed by atoms with E-state index in [0.717, 1.165) is 37.7 Å². The molecule has 1 aromatic carbocycles. The van der Waals surface area contributed by atoms with Crippen LogP contribution in [-0.2, 0) is 5.41 Å². The van der Waals surface area contributed by atoms with Crippen molar-refractivity contribution >= 4 is 6.03 Å². The standard InChI is InChI=1S/C19H25FN2O2/c20-16-6-4-15(5-7-16)19(9-1-2-10-19)13-21-18(24)22-17-8-3-14(11-17)12-23/h3-8,14,17,23H,1-2,9-13H2,(H2,21,22,24)/t14-,17+/m0/s1. The van der Waals surface area contributed by atoms with Gasteiger partial charge in [0.05, 0.1) is 0 Å². The fourth-order valence-electron chi connectivity index (χ4n) is 3.91. The summed E-state index contributed by atoms with van der Waals surface area (Å²) in [6, 6.07) is 6.46. The number of carbonyl (C=O) groups excluding carboxylic acids is 1. The van der Waals surface area contributed by atoms with Gasteiger partial charge in [0, 0.05) is 30.5 Å². The zero-order valence-electron chi connectivity index (χ0n) is 13.8. The van der Waals surface area contributed by atoms with Gasteiger partial charge in [-0.25, -0.2) is 9.18 Å². The Hall–Kier alpha value is -1.88. The largest absolute Gasteiger partial charge is 0.396 e. The van der Waals surface area contributed by atoms with Crippen LogP contribution >= 0.6 is 0 Å². The lowest BCUT2D eigenvalue weighted by Crippen LogP contribution is -2.46. The number of aliphatic hydroxyl groups is 1. The van der Waals surface area contributed by atoms with Crippen molar-refractivity contribution in [2.75, 3.05) is 13.2 Å². The van der Waals surface area contributed by atoms with Gasteiger partial charge in [0.25, 0.3) is 0 Å². The third-order valence-corrected chi connectivity index (χ3v) is 5.33. The highest BCUT2D eigenvalue weighted by molar-refractivity contribution is 5.74. The molecule has 2 amide bonds. The van der Waals surface area contributed by atoms with E-state index in [2.05, 4.69) is 10.6 Å². The Morgan fingerprint density at radius 3 is 2.54 bits per heavy atom. The zero-order chi connectivity index (χ0) is 17.0. The Morgan fingerprint density at radius 2 is 1.92 bits per heavy atom. The third-order valence-electron chi connectivity index (χ3n) is 5.33. The molecule has 0 aliphatic heterocycles. The van der Waals surface area contributed by atoms with E-state index in [9.17, 15) is 9.18 Å². The molecule has 0 spiro atoms. The number of benzene rings is 1. The summed E-state index contributed by atoms with van der Waals surface area (Å²) >= 11 is 0. The van der Waals surface area contributed by atoms with E-state index in [-0.39, 0.29) is 35.8 Å². The molecule has 5 heteroatoms. The lowest BCUT2D eigenvalue weighted by molar-refractivity contribution is 0.228. The maximum atomic E-state index is 13.2. The topological polar surface area (TPSA) is 61.4 Å². The van der Waals surface area contributed by atoms with Crippen molar-refractivity contribution < 1.29 is 14.3 Å². The first-order valence-electron chi connectivity index (χ1n) is 8.71. The fourth-order valence-corrected chi connectivity index (χ4v) is 3.91. The minimum Gasteiger partial charge on any atom is -0.396 e. The average Bonchev–Trinajstić information content (AvgIpc) is 3.23. The van der Waals surface area contributed by atoms with Crippen molar-refractivity contribution in [2.45, 2.75) is 43.6 Å². The fraction of sp³-hybridized carbons (Fsp3) is 0.526. The monoisotopic (exact) mass is 332 g/mol. The second-order valence-electron chi connectivity index (χ2n) is 6.99. The zero-order valence-corrected chi connectivity index (χ0v) is 13.8. The Labute approximate surface area is 142 Å². The Morgan fingerprint density at radius 1 is 1.21 bits per heavy atom. The summed E-state index contributed by atoms with van der Waals surface area (Å²) in [5.74, 6) is -0.0975. The molecular formula is C19H25FN2O2. The molecule has 1 saturated carbocycles. The quantitative estimate of drug-likeness (QED) is 0.726. The Kier molecular flexibility index (Phi) is 5.19. The predicted octanol–water partition coefficient (Wildman–Crippen LogP) is 2.87. The number of amides is 2. The molecule has 2 aliphatic rings. The van der Waals surface area contributed by atoms with Crippen molar-refractivity contribution in [3.05, 3.63) is 47.8 Å². The second kappa shape index (κ2) is 7.34. The summed E-state index contributed by atoms with van der Waals surface area (Å²) in [4.78, 5) is 12.2. The summed E-state index contributed by atoms with van der Waals surface area (Å²) < 4.78 is 13.2. The highest BCUT2D eigenvalue weighted by Crippen LogP contribution is 2.40. The summed E-state index contributed by atoms with van der Waals surface area (Å²) in [7, 11) is 0. The number of hydrogen-bond acceptors (Lipinski definition) is 2. The van der Waals surface area contributed by atoms with Crippen LogP contribution in [-0.4, -0.2) is 30.3 Å². The molecule has 0 heterocycles. The van der Waals surface area contributed by atoms with E-state index < -0.39 is 0 Å². The van der Waals surface area contributed by atoms with E-state index in [1.807, 2.05) is 24.3 Å². The van der Waals surface area contributed by atoms with Crippen molar-refractivity contribution in [3.63, 3.8) is 0 Å². The lowest BCUT2D eigenvalue weighted by atomic mass is 9.79. The smallest absolute Gasteiger partial charge is 0.315 e. The van der Waals surface area contributed by atoms with Crippen LogP contribution in [0.25, 0.3) is 0 Å². The maximum Gasteiger partial charge on any atom is 0.315 e. The molecule has 0 aromatic heterocycles. The molecule has 0 radical (unpaired) electrons. The van der Waals surface area contributed by atoms with Crippen LogP contribution in [0.15, 0.2) is 36.4 Å². The van der Waals surface area contributed by atoms with Gasteiger partial charge in [-0.15, -0.1) is 0 Å². The molecule has 4 nitrogen and oxygen atoms in total. The molecule has 130 valence electrons. The number of aliphatic hydroxyl groups excluding tert-OH is 1. The van der Waals surface area contributed by atoms with Crippen molar-refractivity contribution in [3.8, 4) is 0 Å². The van der Waals surface area contributed by atoms with Gasteiger partial charge >= 0.3 is 6.03 Å². The molecule has 0 bridgehead atoms. The Balaban J connectivity index is 1.57. The van der Waals surface area contributed by atoms with Gasteiger partial charge in [0.2, 0.25) is 0 Å². The maximum absolute atomic E-state index is 13.2. The average molecular weight is 332 g/mol. The van der Waals surface area contributed by atoms with E-state index in [1.54, 1.807) is 0 Å². The minimum atomic E-state index is -0.232. The van der Waals surface area contributed by atoms with Crippen LogP contribution in [0.5, 0.6) is 0 Å². The lowest BCUT2D eigenvalue weighted by Gasteiger charge is -2.30. The van der Waals surface area contributed by atoms with Crippen LogP contribution in [0.3, 0.4) is 0 Å². The van der Waals surface area contributed by atoms with Crippen LogP contribution in [0.4, 0.5) is 9.18 Å². The van der Waals surface area contributed by atoms with Crippen molar-refractivity contribution in [1.29, 1.82) is 0 Å². The molecule has 0 saturated heterocycles. The molecule has 2 atom stereocenters. The first kappa shape index (κ1) is 17.0. The van der Waals surface area contributed by atoms with Gasteiger partial charge in [-0.2, -0.15) is 0 Å². The molecule has 1 aromatic rings. The molecular weight excluding hydrogens is 307 g/mol. The Bertz CT molecular complexity index is 594. The van der Waals surface area contributed by atoms with Gasteiger partial charge in [0.15, 0.2) is 0 Å². The summed E-state index contributed by atoms with van der Waals surface area (Å²) in [6.45, 7) is 0.675. The SMILES string of the molecule is O=C(NCC1(c2ccc(F)cc2)CCCC1)N[C@@H]1C=C[C@H](CO)C1. The number of nitrogens with one attached hydrogen (secondary N) is 2. The van der Waals surface area contributed by atoms with Crippen LogP contribution in [0, 0.1) is 11.7 Å². The highest BCUT2D eigenvalue weighted by Gasteiger charge is 2.36. The van der Waals surface area contributed by atoms with Gasteiger partial charge < -0.3 is 15.7 Å².